The van der Waals surface area contributed by atoms with Gasteiger partial charge in [-0.3, -0.25) is 4.79 Å². The number of piperidine rings is 1. The molecule has 1 amide bonds. The molecule has 21 heavy (non-hydrogen) atoms. The van der Waals surface area contributed by atoms with E-state index in [2.05, 4.69) is 16.8 Å². The molecule has 0 bridgehead atoms. The Balaban J connectivity index is 1.72. The lowest BCUT2D eigenvalue weighted by molar-refractivity contribution is 0.0647. The third-order valence-electron chi connectivity index (χ3n) is 4.67. The van der Waals surface area contributed by atoms with Crippen LogP contribution in [0.5, 0.6) is 0 Å². The number of hydrogen-bond acceptors (Lipinski definition) is 2. The van der Waals surface area contributed by atoms with E-state index in [0.29, 0.717) is 6.04 Å². The monoisotopic (exact) mass is 285 g/mol. The van der Waals surface area contributed by atoms with Crippen LogP contribution in [-0.4, -0.2) is 53.4 Å². The lowest BCUT2D eigenvalue weighted by atomic mass is 10.0. The van der Waals surface area contributed by atoms with Gasteiger partial charge >= 0.3 is 0 Å². The van der Waals surface area contributed by atoms with Crippen molar-refractivity contribution < 1.29 is 4.79 Å². The Bertz CT molecular complexity index is 626. The van der Waals surface area contributed by atoms with E-state index < -0.39 is 0 Å². The normalized spacial score (nSPS) is 17.2. The fraction of sp³-hybridized carbons (Fsp3) is 0.471. The van der Waals surface area contributed by atoms with Gasteiger partial charge in [-0.15, -0.1) is 0 Å². The van der Waals surface area contributed by atoms with Crippen molar-refractivity contribution >= 4 is 16.8 Å². The Labute approximate surface area is 125 Å². The van der Waals surface area contributed by atoms with Crippen LogP contribution in [0.3, 0.4) is 0 Å². The number of rotatable bonds is 3. The van der Waals surface area contributed by atoms with Gasteiger partial charge in [0, 0.05) is 48.8 Å². The molecule has 4 nitrogen and oxygen atoms in total. The first kappa shape index (κ1) is 14.1. The van der Waals surface area contributed by atoms with E-state index in [-0.39, 0.29) is 5.91 Å². The average Bonchev–Trinajstić information content (AvgIpc) is 3.01. The lowest BCUT2D eigenvalue weighted by Crippen LogP contribution is -2.45. The first-order chi connectivity index (χ1) is 10.2. The summed E-state index contributed by atoms with van der Waals surface area (Å²) < 4.78 is 0. The first-order valence-corrected chi connectivity index (χ1v) is 7.75. The maximum absolute atomic E-state index is 12.7. The number of benzene rings is 1. The van der Waals surface area contributed by atoms with Crippen LogP contribution < -0.4 is 0 Å². The predicted octanol–water partition coefficient (Wildman–Crippen LogP) is 2.72. The smallest absolute Gasteiger partial charge is 0.253 e. The number of H-pyrrole nitrogens is 1. The van der Waals surface area contributed by atoms with Crippen molar-refractivity contribution in [2.45, 2.75) is 25.8 Å². The lowest BCUT2D eigenvalue weighted by Gasteiger charge is -2.36. The minimum absolute atomic E-state index is 0.132. The number of aromatic nitrogens is 1. The molecule has 1 N–H and O–H groups in total. The highest BCUT2D eigenvalue weighted by Crippen LogP contribution is 2.20. The van der Waals surface area contributed by atoms with Crippen molar-refractivity contribution in [2.24, 2.45) is 0 Å². The van der Waals surface area contributed by atoms with Gasteiger partial charge in [0.15, 0.2) is 0 Å². The van der Waals surface area contributed by atoms with Crippen LogP contribution in [0.1, 0.15) is 30.1 Å². The third-order valence-corrected chi connectivity index (χ3v) is 4.67. The van der Waals surface area contributed by atoms with Gasteiger partial charge in [0.25, 0.3) is 5.91 Å². The van der Waals surface area contributed by atoms with Gasteiger partial charge in [-0.2, -0.15) is 0 Å². The molecule has 0 unspecified atom stereocenters. The second-order valence-corrected chi connectivity index (χ2v) is 5.86. The molecule has 1 aliphatic heterocycles. The van der Waals surface area contributed by atoms with E-state index in [9.17, 15) is 4.79 Å². The fourth-order valence-corrected chi connectivity index (χ4v) is 3.18. The predicted molar refractivity (Wildman–Crippen MR) is 85.5 cm³/mol. The summed E-state index contributed by atoms with van der Waals surface area (Å²) in [6.07, 6.45) is 4.05. The van der Waals surface area contributed by atoms with E-state index in [4.69, 9.17) is 0 Å². The van der Waals surface area contributed by atoms with Gasteiger partial charge in [-0.05, 0) is 43.7 Å². The molecular weight excluding hydrogens is 262 g/mol. The molecule has 1 aromatic heterocycles. The van der Waals surface area contributed by atoms with Crippen LogP contribution in [0.4, 0.5) is 0 Å². The quantitative estimate of drug-likeness (QED) is 0.942. The molecule has 1 aromatic carbocycles. The molecule has 0 saturated carbocycles. The highest BCUT2D eigenvalue weighted by molar-refractivity contribution is 5.98. The molecule has 0 atom stereocenters. The van der Waals surface area contributed by atoms with E-state index in [1.54, 1.807) is 0 Å². The zero-order valence-electron chi connectivity index (χ0n) is 12.8. The van der Waals surface area contributed by atoms with Gasteiger partial charge in [-0.1, -0.05) is 6.92 Å². The highest BCUT2D eigenvalue weighted by Gasteiger charge is 2.25. The topological polar surface area (TPSA) is 39.3 Å². The van der Waals surface area contributed by atoms with Gasteiger partial charge in [0.2, 0.25) is 0 Å². The van der Waals surface area contributed by atoms with E-state index >= 15 is 0 Å². The van der Waals surface area contributed by atoms with Crippen molar-refractivity contribution in [3.05, 3.63) is 36.0 Å². The number of carbonyl (C=O) groups is 1. The minimum atomic E-state index is 0.132. The van der Waals surface area contributed by atoms with E-state index in [1.807, 2.05) is 42.4 Å². The van der Waals surface area contributed by atoms with Crippen molar-refractivity contribution in [1.29, 1.82) is 0 Å². The molecule has 0 spiro atoms. The largest absolute Gasteiger partial charge is 0.361 e. The number of nitrogens with one attached hydrogen (secondary N) is 1. The summed E-state index contributed by atoms with van der Waals surface area (Å²) in [6.45, 7) is 5.49. The molecule has 112 valence electrons. The number of hydrogen-bond donors (Lipinski definition) is 1. The summed E-state index contributed by atoms with van der Waals surface area (Å²) in [7, 11) is 1.94. The van der Waals surface area contributed by atoms with Crippen molar-refractivity contribution in [1.82, 2.24) is 14.8 Å². The number of fused-ring (bicyclic) bond motifs is 1. The Morgan fingerprint density at radius 2 is 2.10 bits per heavy atom. The van der Waals surface area contributed by atoms with Crippen LogP contribution in [0, 0.1) is 0 Å². The number of carbonyl (C=O) groups excluding carboxylic acids is 1. The summed E-state index contributed by atoms with van der Waals surface area (Å²) in [5.74, 6) is 0.132. The summed E-state index contributed by atoms with van der Waals surface area (Å²) in [6, 6.07) is 8.24. The number of nitrogens with zero attached hydrogens (tertiary/aromatic N) is 2. The van der Waals surface area contributed by atoms with Gasteiger partial charge in [0.1, 0.15) is 0 Å². The Morgan fingerprint density at radius 1 is 1.33 bits per heavy atom. The molecule has 2 heterocycles. The Morgan fingerprint density at radius 3 is 2.81 bits per heavy atom. The van der Waals surface area contributed by atoms with Crippen LogP contribution in [0.2, 0.25) is 0 Å². The molecule has 1 aliphatic rings. The van der Waals surface area contributed by atoms with Gasteiger partial charge in [-0.25, -0.2) is 0 Å². The van der Waals surface area contributed by atoms with Gasteiger partial charge < -0.3 is 14.8 Å². The average molecular weight is 285 g/mol. The Hall–Kier alpha value is -1.81. The summed E-state index contributed by atoms with van der Waals surface area (Å²) in [4.78, 5) is 20.2. The molecule has 1 saturated heterocycles. The first-order valence-electron chi connectivity index (χ1n) is 7.75. The summed E-state index contributed by atoms with van der Waals surface area (Å²) >= 11 is 0. The number of amides is 1. The summed E-state index contributed by atoms with van der Waals surface area (Å²) in [5.41, 5.74) is 1.85. The highest BCUT2D eigenvalue weighted by atomic mass is 16.2. The van der Waals surface area contributed by atoms with Crippen LogP contribution in [0.25, 0.3) is 10.9 Å². The number of aromatic amines is 1. The standard InChI is InChI=1S/C17H23N3O/c1-3-20-10-7-15(8-11-20)19(2)17(21)14-4-5-16-13(12-14)6-9-18-16/h4-6,9,12,15,18H,3,7-8,10-11H2,1-2H3. The van der Waals surface area contributed by atoms with Crippen LogP contribution in [0.15, 0.2) is 30.5 Å². The molecule has 0 radical (unpaired) electrons. The SMILES string of the molecule is CCN1CCC(N(C)C(=O)c2ccc3[nH]ccc3c2)CC1. The zero-order chi connectivity index (χ0) is 14.8. The maximum Gasteiger partial charge on any atom is 0.253 e. The van der Waals surface area contributed by atoms with E-state index in [0.717, 1.165) is 48.9 Å². The van der Waals surface area contributed by atoms with Crippen LogP contribution >= 0.6 is 0 Å². The Kier molecular flexibility index (Phi) is 3.97. The van der Waals surface area contributed by atoms with Crippen molar-refractivity contribution in [3.63, 3.8) is 0 Å². The van der Waals surface area contributed by atoms with E-state index in [1.165, 1.54) is 0 Å². The van der Waals surface area contributed by atoms with Gasteiger partial charge in [0.05, 0.1) is 0 Å². The van der Waals surface area contributed by atoms with Crippen LogP contribution in [-0.2, 0) is 0 Å². The fourth-order valence-electron chi connectivity index (χ4n) is 3.18. The molecule has 1 fully saturated rings. The maximum atomic E-state index is 12.7. The van der Waals surface area contributed by atoms with Crippen molar-refractivity contribution in [3.8, 4) is 0 Å². The zero-order valence-corrected chi connectivity index (χ0v) is 12.8. The summed E-state index contributed by atoms with van der Waals surface area (Å²) in [5, 5.41) is 1.09. The number of likely N-dealkylation sites (tertiary alicyclic amines) is 1. The molecular formula is C17H23N3O. The second kappa shape index (κ2) is 5.90. The molecule has 0 aliphatic carbocycles. The van der Waals surface area contributed by atoms with Crippen molar-refractivity contribution in [2.75, 3.05) is 26.7 Å². The molecule has 2 aromatic rings. The molecule has 4 heteroatoms. The third kappa shape index (κ3) is 2.81. The second-order valence-electron chi connectivity index (χ2n) is 5.86. The molecule has 3 rings (SSSR count). The minimum Gasteiger partial charge on any atom is -0.361 e.